The largest absolute Gasteiger partial charge is 0.335 e. The molecule has 0 bridgehead atoms. The lowest BCUT2D eigenvalue weighted by Crippen LogP contribution is -2.08. The number of nitrogens with two attached hydrogens (primary N) is 1. The highest BCUT2D eigenvalue weighted by Crippen LogP contribution is 2.12. The molecule has 1 heterocycles. The van der Waals surface area contributed by atoms with Crippen molar-refractivity contribution in [2.24, 2.45) is 5.73 Å². The Hall–Kier alpha value is -1.94. The van der Waals surface area contributed by atoms with Crippen LogP contribution in [0.3, 0.4) is 0 Å². The Balaban J connectivity index is 2.20. The number of aryl methyl sites for hydroxylation is 1. The van der Waals surface area contributed by atoms with Gasteiger partial charge in [0.05, 0.1) is 6.33 Å². The fourth-order valence-electron chi connectivity index (χ4n) is 2.05. The molecule has 0 saturated heterocycles. The highest BCUT2D eigenvalue weighted by molar-refractivity contribution is 6.07. The van der Waals surface area contributed by atoms with E-state index in [1.807, 2.05) is 28.8 Å². The van der Waals surface area contributed by atoms with Gasteiger partial charge in [0.2, 0.25) is 5.78 Å². The molecule has 19 heavy (non-hydrogen) atoms. The number of hydrogen-bond acceptors (Lipinski definition) is 3. The normalized spacial score (nSPS) is 10.6. The lowest BCUT2D eigenvalue weighted by Gasteiger charge is -2.02. The van der Waals surface area contributed by atoms with Gasteiger partial charge in [0.25, 0.3) is 0 Å². The average molecular weight is 257 g/mol. The fraction of sp³-hybridized carbons (Fsp3) is 0.333. The Kier molecular flexibility index (Phi) is 4.47. The van der Waals surface area contributed by atoms with Crippen molar-refractivity contribution in [1.82, 2.24) is 9.55 Å². The van der Waals surface area contributed by atoms with Gasteiger partial charge in [-0.05, 0) is 18.1 Å². The molecule has 2 aromatic rings. The summed E-state index contributed by atoms with van der Waals surface area (Å²) in [7, 11) is 0. The maximum absolute atomic E-state index is 12.3. The van der Waals surface area contributed by atoms with Gasteiger partial charge in [-0.2, -0.15) is 0 Å². The summed E-state index contributed by atoms with van der Waals surface area (Å²) in [6.07, 6.45) is 5.46. The zero-order valence-corrected chi connectivity index (χ0v) is 11.2. The SMILES string of the molecule is CCCc1cccc(C(=O)c2cn(CCN)cn2)c1. The fourth-order valence-corrected chi connectivity index (χ4v) is 2.05. The van der Waals surface area contributed by atoms with Crippen LogP contribution in [0.4, 0.5) is 0 Å². The summed E-state index contributed by atoms with van der Waals surface area (Å²) >= 11 is 0. The molecule has 2 rings (SSSR count). The van der Waals surface area contributed by atoms with E-state index in [2.05, 4.69) is 11.9 Å². The van der Waals surface area contributed by atoms with Gasteiger partial charge in [0.1, 0.15) is 5.69 Å². The summed E-state index contributed by atoms with van der Waals surface area (Å²) in [6.45, 7) is 3.34. The molecule has 0 aliphatic heterocycles. The molecule has 0 fully saturated rings. The summed E-state index contributed by atoms with van der Waals surface area (Å²) in [5, 5.41) is 0. The van der Waals surface area contributed by atoms with E-state index in [1.165, 1.54) is 5.56 Å². The van der Waals surface area contributed by atoms with E-state index in [0.717, 1.165) is 12.8 Å². The Morgan fingerprint density at radius 2 is 2.26 bits per heavy atom. The number of imidazole rings is 1. The third kappa shape index (κ3) is 3.29. The Bertz CT molecular complexity index is 560. The van der Waals surface area contributed by atoms with Gasteiger partial charge in [0, 0.05) is 24.8 Å². The molecule has 0 spiro atoms. The van der Waals surface area contributed by atoms with E-state index in [1.54, 1.807) is 12.5 Å². The summed E-state index contributed by atoms with van der Waals surface area (Å²) in [5.41, 5.74) is 7.84. The van der Waals surface area contributed by atoms with Crippen LogP contribution in [0.1, 0.15) is 35.0 Å². The second-order valence-corrected chi connectivity index (χ2v) is 4.56. The molecule has 1 aromatic carbocycles. The van der Waals surface area contributed by atoms with Crippen molar-refractivity contribution < 1.29 is 4.79 Å². The first-order valence-corrected chi connectivity index (χ1v) is 6.60. The number of carbonyl (C=O) groups is 1. The van der Waals surface area contributed by atoms with Crippen molar-refractivity contribution in [1.29, 1.82) is 0 Å². The summed E-state index contributed by atoms with van der Waals surface area (Å²) in [5.74, 6) is -0.0336. The van der Waals surface area contributed by atoms with Crippen LogP contribution >= 0.6 is 0 Å². The Labute approximate surface area is 113 Å². The van der Waals surface area contributed by atoms with Crippen molar-refractivity contribution in [3.05, 3.63) is 53.6 Å². The molecule has 0 aliphatic rings. The number of hydrogen-bond donors (Lipinski definition) is 1. The van der Waals surface area contributed by atoms with Crippen LogP contribution in [0.25, 0.3) is 0 Å². The first-order chi connectivity index (χ1) is 9.24. The predicted molar refractivity (Wildman–Crippen MR) is 75.2 cm³/mol. The maximum Gasteiger partial charge on any atom is 0.212 e. The van der Waals surface area contributed by atoms with Crippen LogP contribution in [0.5, 0.6) is 0 Å². The number of rotatable bonds is 6. The first kappa shape index (κ1) is 13.5. The molecule has 1 aromatic heterocycles. The van der Waals surface area contributed by atoms with Crippen molar-refractivity contribution in [2.75, 3.05) is 6.54 Å². The minimum absolute atomic E-state index is 0.0336. The van der Waals surface area contributed by atoms with Gasteiger partial charge in [-0.15, -0.1) is 0 Å². The van der Waals surface area contributed by atoms with Crippen LogP contribution in [-0.4, -0.2) is 21.9 Å². The third-order valence-electron chi connectivity index (χ3n) is 2.98. The van der Waals surface area contributed by atoms with Crippen molar-refractivity contribution in [3.63, 3.8) is 0 Å². The number of aromatic nitrogens is 2. The zero-order valence-electron chi connectivity index (χ0n) is 11.2. The minimum atomic E-state index is -0.0336. The highest BCUT2D eigenvalue weighted by atomic mass is 16.1. The van der Waals surface area contributed by atoms with Gasteiger partial charge >= 0.3 is 0 Å². The van der Waals surface area contributed by atoms with Gasteiger partial charge in [-0.1, -0.05) is 31.5 Å². The molecule has 4 heteroatoms. The molecular weight excluding hydrogens is 238 g/mol. The molecular formula is C15H19N3O. The van der Waals surface area contributed by atoms with E-state index in [4.69, 9.17) is 5.73 Å². The van der Waals surface area contributed by atoms with Gasteiger partial charge in [0.15, 0.2) is 0 Å². The van der Waals surface area contributed by atoms with Gasteiger partial charge < -0.3 is 10.3 Å². The standard InChI is InChI=1S/C15H19N3O/c1-2-4-12-5-3-6-13(9-12)15(19)14-10-18(8-7-16)11-17-14/h3,5-6,9-11H,2,4,7-8,16H2,1H3. The number of carbonyl (C=O) groups excluding carboxylic acids is 1. The van der Waals surface area contributed by atoms with E-state index in [-0.39, 0.29) is 5.78 Å². The zero-order chi connectivity index (χ0) is 13.7. The van der Waals surface area contributed by atoms with Crippen molar-refractivity contribution in [3.8, 4) is 0 Å². The Morgan fingerprint density at radius 3 is 3.00 bits per heavy atom. The molecule has 2 N–H and O–H groups in total. The van der Waals surface area contributed by atoms with E-state index >= 15 is 0 Å². The molecule has 0 radical (unpaired) electrons. The minimum Gasteiger partial charge on any atom is -0.335 e. The topological polar surface area (TPSA) is 60.9 Å². The molecule has 4 nitrogen and oxygen atoms in total. The van der Waals surface area contributed by atoms with Crippen LogP contribution in [0.2, 0.25) is 0 Å². The molecule has 0 saturated carbocycles. The van der Waals surface area contributed by atoms with E-state index in [0.29, 0.717) is 24.3 Å². The number of nitrogens with zero attached hydrogens (tertiary/aromatic N) is 2. The van der Waals surface area contributed by atoms with Crippen LogP contribution in [0, 0.1) is 0 Å². The molecule has 0 unspecified atom stereocenters. The summed E-state index contributed by atoms with van der Waals surface area (Å²) < 4.78 is 1.84. The van der Waals surface area contributed by atoms with Gasteiger partial charge in [-0.3, -0.25) is 4.79 Å². The second kappa shape index (κ2) is 6.29. The molecule has 0 atom stereocenters. The maximum atomic E-state index is 12.3. The molecule has 0 aliphatic carbocycles. The van der Waals surface area contributed by atoms with Crippen LogP contribution in [0.15, 0.2) is 36.8 Å². The van der Waals surface area contributed by atoms with E-state index < -0.39 is 0 Å². The molecule has 0 amide bonds. The Morgan fingerprint density at radius 1 is 1.42 bits per heavy atom. The first-order valence-electron chi connectivity index (χ1n) is 6.60. The smallest absolute Gasteiger partial charge is 0.212 e. The summed E-state index contributed by atoms with van der Waals surface area (Å²) in [4.78, 5) is 16.5. The second-order valence-electron chi connectivity index (χ2n) is 4.56. The number of benzene rings is 1. The quantitative estimate of drug-likeness (QED) is 0.805. The van der Waals surface area contributed by atoms with Crippen molar-refractivity contribution >= 4 is 5.78 Å². The van der Waals surface area contributed by atoms with E-state index in [9.17, 15) is 4.79 Å². The summed E-state index contributed by atoms with van der Waals surface area (Å²) in [6, 6.07) is 7.76. The van der Waals surface area contributed by atoms with Crippen LogP contribution < -0.4 is 5.73 Å². The predicted octanol–water partition coefficient (Wildman–Crippen LogP) is 2.03. The highest BCUT2D eigenvalue weighted by Gasteiger charge is 2.12. The number of ketones is 1. The lowest BCUT2D eigenvalue weighted by molar-refractivity contribution is 0.103. The average Bonchev–Trinajstić information content (AvgIpc) is 2.88. The van der Waals surface area contributed by atoms with Gasteiger partial charge in [-0.25, -0.2) is 4.98 Å². The lowest BCUT2D eigenvalue weighted by atomic mass is 10.0. The third-order valence-corrected chi connectivity index (χ3v) is 2.98. The molecule has 100 valence electrons. The van der Waals surface area contributed by atoms with Crippen LogP contribution in [-0.2, 0) is 13.0 Å². The van der Waals surface area contributed by atoms with Crippen molar-refractivity contribution in [2.45, 2.75) is 26.3 Å². The monoisotopic (exact) mass is 257 g/mol.